The molecule has 7 nitrogen and oxygen atoms in total. The normalized spacial score (nSPS) is 20.4. The van der Waals surface area contributed by atoms with Crippen LogP contribution in [0.25, 0.3) is 10.9 Å². The molecule has 2 aromatic rings. The van der Waals surface area contributed by atoms with Crippen LogP contribution in [0.4, 0.5) is 10.5 Å². The predicted octanol–water partition coefficient (Wildman–Crippen LogP) is 0.922. The van der Waals surface area contributed by atoms with Gasteiger partial charge in [-0.2, -0.15) is 5.10 Å². The number of amides is 2. The van der Waals surface area contributed by atoms with Crippen LogP contribution in [-0.4, -0.2) is 71.9 Å². The molecule has 0 saturated carbocycles. The van der Waals surface area contributed by atoms with Gasteiger partial charge < -0.3 is 14.7 Å². The van der Waals surface area contributed by atoms with Gasteiger partial charge in [0.1, 0.15) is 5.54 Å². The van der Waals surface area contributed by atoms with Crippen molar-refractivity contribution < 1.29 is 9.59 Å². The van der Waals surface area contributed by atoms with Crippen LogP contribution < -0.4 is 4.90 Å². The van der Waals surface area contributed by atoms with Crippen LogP contribution in [-0.2, 0) is 4.79 Å². The van der Waals surface area contributed by atoms with Crippen molar-refractivity contribution in [2.45, 2.75) is 18.4 Å². The number of likely N-dealkylation sites (N-methyl/N-ethyl adjacent to an activating group) is 1. The highest BCUT2D eigenvalue weighted by Gasteiger charge is 2.52. The van der Waals surface area contributed by atoms with Crippen LogP contribution in [0.1, 0.15) is 12.8 Å². The molecule has 4 rings (SSSR count). The van der Waals surface area contributed by atoms with E-state index in [0.29, 0.717) is 32.6 Å². The van der Waals surface area contributed by atoms with Crippen molar-refractivity contribution in [1.82, 2.24) is 20.0 Å². The summed E-state index contributed by atoms with van der Waals surface area (Å²) < 4.78 is 0. The molecule has 1 N–H and O–H groups in total. The SMILES string of the molecule is [B]C(=O)N1CCC2(CC1)C(=O)N(C)CN2c1ccc2[nH]ncc2c1. The highest BCUT2D eigenvalue weighted by molar-refractivity contribution is 6.56. The Bertz CT molecular complexity index is 812. The zero-order valence-electron chi connectivity index (χ0n) is 13.5. The molecule has 0 bridgehead atoms. The third-order valence-corrected chi connectivity index (χ3v) is 5.25. The van der Waals surface area contributed by atoms with E-state index in [0.717, 1.165) is 16.6 Å². The molecule has 2 radical (unpaired) electrons. The van der Waals surface area contributed by atoms with Gasteiger partial charge in [-0.15, -0.1) is 0 Å². The van der Waals surface area contributed by atoms with E-state index in [1.165, 1.54) is 0 Å². The second kappa shape index (κ2) is 5.26. The molecule has 122 valence electrons. The number of hydrogen-bond donors (Lipinski definition) is 1. The first-order valence-corrected chi connectivity index (χ1v) is 8.02. The maximum Gasteiger partial charge on any atom is 0.249 e. The molecule has 2 saturated heterocycles. The molecule has 0 atom stereocenters. The molecule has 8 heteroatoms. The molecule has 2 aliphatic rings. The summed E-state index contributed by atoms with van der Waals surface area (Å²) in [6.45, 7) is 1.54. The maximum atomic E-state index is 12.9. The molecule has 3 heterocycles. The van der Waals surface area contributed by atoms with Crippen LogP contribution in [0, 0.1) is 0 Å². The van der Waals surface area contributed by atoms with Crippen molar-refractivity contribution in [2.24, 2.45) is 0 Å². The van der Waals surface area contributed by atoms with Gasteiger partial charge in [0.25, 0.3) is 0 Å². The summed E-state index contributed by atoms with van der Waals surface area (Å²) >= 11 is 0. The van der Waals surface area contributed by atoms with Crippen molar-refractivity contribution >= 4 is 36.2 Å². The van der Waals surface area contributed by atoms with Gasteiger partial charge in [0.15, 0.2) is 5.81 Å². The van der Waals surface area contributed by atoms with Gasteiger partial charge in [0.2, 0.25) is 13.8 Å². The Labute approximate surface area is 141 Å². The summed E-state index contributed by atoms with van der Waals surface area (Å²) in [4.78, 5) is 29.8. The van der Waals surface area contributed by atoms with Crippen LogP contribution in [0.15, 0.2) is 24.4 Å². The smallest absolute Gasteiger partial charge is 0.249 e. The number of piperidine rings is 1. The monoisotopic (exact) mass is 323 g/mol. The van der Waals surface area contributed by atoms with E-state index in [1.807, 2.05) is 25.2 Å². The summed E-state index contributed by atoms with van der Waals surface area (Å²) in [6.07, 6.45) is 2.95. The van der Waals surface area contributed by atoms with Crippen molar-refractivity contribution in [3.63, 3.8) is 0 Å². The number of rotatable bonds is 1. The van der Waals surface area contributed by atoms with E-state index in [9.17, 15) is 9.59 Å². The third-order valence-electron chi connectivity index (χ3n) is 5.25. The standard InChI is InChI=1S/C16H18BN5O2/c1-20-10-22(12-2-3-13-11(8-12)9-18-19-13)16(14(20)23)4-6-21(7-5-16)15(17)24/h2-3,8-9H,4-7,10H2,1H3,(H,18,19). The van der Waals surface area contributed by atoms with Gasteiger partial charge in [0, 0.05) is 31.2 Å². The number of fused-ring (bicyclic) bond motifs is 1. The van der Waals surface area contributed by atoms with E-state index < -0.39 is 11.3 Å². The second-order valence-electron chi connectivity index (χ2n) is 6.57. The lowest BCUT2D eigenvalue weighted by molar-refractivity contribution is -0.132. The number of benzene rings is 1. The number of H-pyrrole nitrogens is 1. The summed E-state index contributed by atoms with van der Waals surface area (Å²) in [7, 11) is 7.20. The molecule has 2 fully saturated rings. The van der Waals surface area contributed by atoms with Crippen LogP contribution in [0.3, 0.4) is 0 Å². The van der Waals surface area contributed by atoms with Gasteiger partial charge in [-0.05, 0) is 31.0 Å². The molecule has 0 aliphatic carbocycles. The Hall–Kier alpha value is -2.51. The van der Waals surface area contributed by atoms with Crippen molar-refractivity contribution in [1.29, 1.82) is 0 Å². The number of hydrogen-bond acceptors (Lipinski definition) is 4. The molecule has 1 aromatic carbocycles. The zero-order chi connectivity index (χ0) is 16.9. The van der Waals surface area contributed by atoms with Crippen molar-refractivity contribution in [3.05, 3.63) is 24.4 Å². The predicted molar refractivity (Wildman–Crippen MR) is 90.9 cm³/mol. The molecule has 2 aliphatic heterocycles. The number of anilines is 1. The molecule has 1 aromatic heterocycles. The topological polar surface area (TPSA) is 72.5 Å². The lowest BCUT2D eigenvalue weighted by atomic mass is 9.84. The first kappa shape index (κ1) is 15.0. The maximum absolute atomic E-state index is 12.9. The Balaban J connectivity index is 1.70. The van der Waals surface area contributed by atoms with E-state index in [4.69, 9.17) is 7.85 Å². The molecule has 0 unspecified atom stereocenters. The van der Waals surface area contributed by atoms with Crippen LogP contribution in [0.5, 0.6) is 0 Å². The van der Waals surface area contributed by atoms with Crippen LogP contribution >= 0.6 is 0 Å². The van der Waals surface area contributed by atoms with Crippen molar-refractivity contribution in [3.8, 4) is 0 Å². The first-order valence-electron chi connectivity index (χ1n) is 8.02. The second-order valence-corrected chi connectivity index (χ2v) is 6.57. The third kappa shape index (κ3) is 2.09. The Morgan fingerprint density at radius 1 is 1.33 bits per heavy atom. The average Bonchev–Trinajstić information content (AvgIpc) is 3.14. The Kier molecular flexibility index (Phi) is 3.30. The molecule has 2 amide bonds. The quantitative estimate of drug-likeness (QED) is 0.792. The minimum Gasteiger partial charge on any atom is -0.352 e. The Morgan fingerprint density at radius 3 is 2.79 bits per heavy atom. The number of carbonyl (C=O) groups excluding carboxylic acids is 2. The van der Waals surface area contributed by atoms with E-state index in [1.54, 1.807) is 16.0 Å². The van der Waals surface area contributed by atoms with E-state index in [-0.39, 0.29) is 5.91 Å². The first-order chi connectivity index (χ1) is 11.5. The van der Waals surface area contributed by atoms with Crippen molar-refractivity contribution in [2.75, 3.05) is 31.7 Å². The summed E-state index contributed by atoms with van der Waals surface area (Å²) in [5, 5.41) is 8.01. The number of likely N-dealkylation sites (tertiary alicyclic amines) is 1. The minimum absolute atomic E-state index is 0.110. The highest BCUT2D eigenvalue weighted by atomic mass is 16.2. The highest BCUT2D eigenvalue weighted by Crippen LogP contribution is 2.39. The molecular weight excluding hydrogens is 305 g/mol. The average molecular weight is 323 g/mol. The number of aromatic nitrogens is 2. The molecular formula is C16H18BN5O2. The zero-order valence-corrected chi connectivity index (χ0v) is 13.5. The van der Waals surface area contributed by atoms with Gasteiger partial charge in [-0.1, -0.05) is 0 Å². The number of carbonyl (C=O) groups is 2. The largest absolute Gasteiger partial charge is 0.352 e. The fourth-order valence-electron chi connectivity index (χ4n) is 3.89. The Morgan fingerprint density at radius 2 is 2.08 bits per heavy atom. The van der Waals surface area contributed by atoms with Crippen LogP contribution in [0.2, 0.25) is 0 Å². The summed E-state index contributed by atoms with van der Waals surface area (Å²) in [6, 6.07) is 6.04. The lowest BCUT2D eigenvalue weighted by Gasteiger charge is -2.43. The molecule has 1 spiro atoms. The van der Waals surface area contributed by atoms with E-state index >= 15 is 0 Å². The van der Waals surface area contributed by atoms with Gasteiger partial charge in [-0.25, -0.2) is 0 Å². The lowest BCUT2D eigenvalue weighted by Crippen LogP contribution is -2.57. The van der Waals surface area contributed by atoms with Gasteiger partial charge in [-0.3, -0.25) is 14.7 Å². The number of nitrogens with one attached hydrogen (secondary N) is 1. The summed E-state index contributed by atoms with van der Waals surface area (Å²) in [5.41, 5.74) is 1.36. The fraction of sp³-hybridized carbons (Fsp3) is 0.438. The minimum atomic E-state index is -0.599. The number of aromatic amines is 1. The van der Waals surface area contributed by atoms with Gasteiger partial charge in [0.05, 0.1) is 18.4 Å². The fourth-order valence-corrected chi connectivity index (χ4v) is 3.89. The van der Waals surface area contributed by atoms with E-state index in [2.05, 4.69) is 15.1 Å². The summed E-state index contributed by atoms with van der Waals surface area (Å²) in [5.74, 6) is -0.311. The van der Waals surface area contributed by atoms with Gasteiger partial charge >= 0.3 is 0 Å². The number of nitrogens with zero attached hydrogens (tertiary/aromatic N) is 4. The molecule has 24 heavy (non-hydrogen) atoms.